The molecule has 0 spiro atoms. The van der Waals surface area contributed by atoms with E-state index in [1.54, 1.807) is 6.07 Å². The zero-order valence-electron chi connectivity index (χ0n) is 10.4. The minimum atomic E-state index is 0.546. The molecular formula is C12H16ClN5. The van der Waals surface area contributed by atoms with E-state index in [4.69, 9.17) is 17.3 Å². The van der Waals surface area contributed by atoms with Crippen molar-refractivity contribution >= 4 is 23.2 Å². The molecule has 0 aliphatic carbocycles. The first-order valence-corrected chi connectivity index (χ1v) is 6.27. The van der Waals surface area contributed by atoms with Crippen LogP contribution in [0.5, 0.6) is 0 Å². The fourth-order valence-electron chi connectivity index (χ4n) is 1.79. The van der Waals surface area contributed by atoms with Crippen LogP contribution in [0.4, 0.5) is 11.6 Å². The molecule has 0 fully saturated rings. The number of hydrogen-bond acceptors (Lipinski definition) is 4. The average molecular weight is 266 g/mol. The number of aromatic nitrogens is 3. The number of nitrogens with one attached hydrogen (secondary N) is 1. The van der Waals surface area contributed by atoms with Gasteiger partial charge in [-0.1, -0.05) is 11.6 Å². The molecule has 2 aromatic rings. The molecule has 3 N–H and O–H groups in total. The number of nitrogen functional groups attached to an aromatic ring is 1. The maximum atomic E-state index is 5.92. The highest BCUT2D eigenvalue weighted by atomic mass is 35.5. The predicted octanol–water partition coefficient (Wildman–Crippen LogP) is 2.63. The lowest BCUT2D eigenvalue weighted by molar-refractivity contribution is 0.770. The Morgan fingerprint density at radius 2 is 2.11 bits per heavy atom. The average Bonchev–Trinajstić information content (AvgIpc) is 2.76. The molecular weight excluding hydrogens is 250 g/mol. The van der Waals surface area contributed by atoms with Gasteiger partial charge in [0.2, 0.25) is 5.95 Å². The molecule has 18 heavy (non-hydrogen) atoms. The molecule has 0 saturated heterocycles. The van der Waals surface area contributed by atoms with E-state index in [2.05, 4.69) is 15.5 Å². The Bertz CT molecular complexity index is 549. The predicted molar refractivity (Wildman–Crippen MR) is 74.7 cm³/mol. The van der Waals surface area contributed by atoms with Gasteiger partial charge >= 0.3 is 0 Å². The summed E-state index contributed by atoms with van der Waals surface area (Å²) in [5, 5.41) is 12.1. The van der Waals surface area contributed by atoms with E-state index in [0.29, 0.717) is 10.7 Å². The lowest BCUT2D eigenvalue weighted by Gasteiger charge is -2.08. The van der Waals surface area contributed by atoms with Gasteiger partial charge < -0.3 is 11.1 Å². The highest BCUT2D eigenvalue weighted by molar-refractivity contribution is 6.33. The Labute approximate surface area is 111 Å². The number of benzene rings is 1. The molecule has 1 heterocycles. The number of rotatable bonds is 4. The van der Waals surface area contributed by atoms with Gasteiger partial charge in [0, 0.05) is 18.7 Å². The molecule has 5 nitrogen and oxygen atoms in total. The summed E-state index contributed by atoms with van der Waals surface area (Å²) in [6.07, 6.45) is 0. The largest absolute Gasteiger partial charge is 0.398 e. The third kappa shape index (κ3) is 2.26. The first-order valence-electron chi connectivity index (χ1n) is 5.89. The van der Waals surface area contributed by atoms with E-state index in [-0.39, 0.29) is 0 Å². The Morgan fingerprint density at radius 1 is 1.33 bits per heavy atom. The normalized spacial score (nSPS) is 10.6. The molecule has 0 amide bonds. The molecule has 1 aromatic carbocycles. The van der Waals surface area contributed by atoms with Crippen LogP contribution in [0.15, 0.2) is 18.2 Å². The summed E-state index contributed by atoms with van der Waals surface area (Å²) in [4.78, 5) is 0. The second-order valence-electron chi connectivity index (χ2n) is 3.86. The minimum Gasteiger partial charge on any atom is -0.398 e. The van der Waals surface area contributed by atoms with Crippen LogP contribution in [0.25, 0.3) is 11.4 Å². The van der Waals surface area contributed by atoms with Gasteiger partial charge in [-0.25, -0.2) is 0 Å². The monoisotopic (exact) mass is 265 g/mol. The Hall–Kier alpha value is -1.75. The SMILES string of the molecule is CCNc1nnc(-c2ccc(Cl)c(N)c2)n1CC. The molecule has 6 heteroatoms. The summed E-state index contributed by atoms with van der Waals surface area (Å²) in [7, 11) is 0. The Kier molecular flexibility index (Phi) is 3.72. The summed E-state index contributed by atoms with van der Waals surface area (Å²) in [5.41, 5.74) is 7.27. The maximum absolute atomic E-state index is 5.92. The molecule has 0 saturated carbocycles. The topological polar surface area (TPSA) is 68.8 Å². The van der Waals surface area contributed by atoms with Crippen molar-refractivity contribution in [3.8, 4) is 11.4 Å². The molecule has 0 radical (unpaired) electrons. The molecule has 0 aliphatic rings. The molecule has 96 valence electrons. The zero-order chi connectivity index (χ0) is 13.1. The minimum absolute atomic E-state index is 0.546. The van der Waals surface area contributed by atoms with Crippen LogP contribution in [0.3, 0.4) is 0 Å². The number of anilines is 2. The number of halogens is 1. The quantitative estimate of drug-likeness (QED) is 0.834. The third-order valence-corrected chi connectivity index (χ3v) is 3.00. The molecule has 0 unspecified atom stereocenters. The fraction of sp³-hybridized carbons (Fsp3) is 0.333. The van der Waals surface area contributed by atoms with Gasteiger partial charge in [0.15, 0.2) is 5.82 Å². The van der Waals surface area contributed by atoms with Crippen LogP contribution >= 0.6 is 11.6 Å². The molecule has 0 bridgehead atoms. The van der Waals surface area contributed by atoms with Crippen LogP contribution in [0.1, 0.15) is 13.8 Å². The Balaban J connectivity index is 2.46. The summed E-state index contributed by atoms with van der Waals surface area (Å²) in [5.74, 6) is 1.56. The van der Waals surface area contributed by atoms with Crippen molar-refractivity contribution in [2.24, 2.45) is 0 Å². The van der Waals surface area contributed by atoms with Crippen molar-refractivity contribution in [3.63, 3.8) is 0 Å². The molecule has 1 aromatic heterocycles. The van der Waals surface area contributed by atoms with Gasteiger partial charge in [-0.05, 0) is 32.0 Å². The van der Waals surface area contributed by atoms with Gasteiger partial charge in [-0.2, -0.15) is 0 Å². The highest BCUT2D eigenvalue weighted by Crippen LogP contribution is 2.26. The van der Waals surface area contributed by atoms with Crippen molar-refractivity contribution < 1.29 is 0 Å². The van der Waals surface area contributed by atoms with Crippen molar-refractivity contribution in [3.05, 3.63) is 23.2 Å². The molecule has 0 aliphatic heterocycles. The summed E-state index contributed by atoms with van der Waals surface area (Å²) in [6, 6.07) is 5.48. The molecule has 2 rings (SSSR count). The van der Waals surface area contributed by atoms with Crippen molar-refractivity contribution in [2.75, 3.05) is 17.6 Å². The van der Waals surface area contributed by atoms with E-state index < -0.39 is 0 Å². The number of hydrogen-bond donors (Lipinski definition) is 2. The summed E-state index contributed by atoms with van der Waals surface area (Å²) >= 11 is 5.92. The highest BCUT2D eigenvalue weighted by Gasteiger charge is 2.12. The van der Waals surface area contributed by atoms with Gasteiger partial charge in [0.1, 0.15) is 0 Å². The summed E-state index contributed by atoms with van der Waals surface area (Å²) in [6.45, 7) is 5.66. The number of nitrogens with two attached hydrogens (primary N) is 1. The lowest BCUT2D eigenvalue weighted by Crippen LogP contribution is -2.07. The van der Waals surface area contributed by atoms with Gasteiger partial charge in [0.05, 0.1) is 10.7 Å². The fourth-order valence-corrected chi connectivity index (χ4v) is 1.91. The molecule has 0 atom stereocenters. The van der Waals surface area contributed by atoms with Gasteiger partial charge in [0.25, 0.3) is 0 Å². The van der Waals surface area contributed by atoms with Crippen LogP contribution in [-0.2, 0) is 6.54 Å². The van der Waals surface area contributed by atoms with Crippen LogP contribution < -0.4 is 11.1 Å². The van der Waals surface area contributed by atoms with E-state index in [1.807, 2.05) is 30.5 Å². The van der Waals surface area contributed by atoms with Gasteiger partial charge in [-0.15, -0.1) is 10.2 Å². The van der Waals surface area contributed by atoms with E-state index >= 15 is 0 Å². The van der Waals surface area contributed by atoms with Crippen LogP contribution in [0.2, 0.25) is 5.02 Å². The lowest BCUT2D eigenvalue weighted by atomic mass is 10.2. The maximum Gasteiger partial charge on any atom is 0.224 e. The zero-order valence-corrected chi connectivity index (χ0v) is 11.2. The van der Waals surface area contributed by atoms with Crippen molar-refractivity contribution in [1.29, 1.82) is 0 Å². The first kappa shape index (κ1) is 12.7. The second-order valence-corrected chi connectivity index (χ2v) is 4.27. The van der Waals surface area contributed by atoms with Crippen LogP contribution in [0, 0.1) is 0 Å². The van der Waals surface area contributed by atoms with Crippen molar-refractivity contribution in [2.45, 2.75) is 20.4 Å². The van der Waals surface area contributed by atoms with Gasteiger partial charge in [-0.3, -0.25) is 4.57 Å². The van der Waals surface area contributed by atoms with Crippen molar-refractivity contribution in [1.82, 2.24) is 14.8 Å². The first-order chi connectivity index (χ1) is 8.67. The summed E-state index contributed by atoms with van der Waals surface area (Å²) < 4.78 is 2.01. The smallest absolute Gasteiger partial charge is 0.224 e. The van der Waals surface area contributed by atoms with E-state index in [9.17, 15) is 0 Å². The second kappa shape index (κ2) is 5.27. The Morgan fingerprint density at radius 3 is 2.72 bits per heavy atom. The standard InChI is InChI=1S/C12H16ClN5/c1-3-15-12-17-16-11(18(12)4-2)8-5-6-9(13)10(14)7-8/h5-7H,3-4,14H2,1-2H3,(H,15,17). The van der Waals surface area contributed by atoms with Crippen LogP contribution in [-0.4, -0.2) is 21.3 Å². The third-order valence-electron chi connectivity index (χ3n) is 2.66. The number of nitrogens with zero attached hydrogens (tertiary/aromatic N) is 3. The van der Waals surface area contributed by atoms with E-state index in [1.165, 1.54) is 0 Å². The van der Waals surface area contributed by atoms with E-state index in [0.717, 1.165) is 30.4 Å².